The van der Waals surface area contributed by atoms with Gasteiger partial charge in [-0.25, -0.2) is 0 Å². The molecule has 0 atom stereocenters. The third kappa shape index (κ3) is 4.21. The number of aryl methyl sites for hydroxylation is 1. The minimum Gasteiger partial charge on any atom is -0.384 e. The molecule has 1 aromatic carbocycles. The van der Waals surface area contributed by atoms with Gasteiger partial charge in [-0.1, -0.05) is 22.0 Å². The van der Waals surface area contributed by atoms with E-state index in [0.717, 1.165) is 36.3 Å². The molecule has 0 saturated carbocycles. The first-order valence-corrected chi connectivity index (χ1v) is 7.82. The number of benzene rings is 1. The van der Waals surface area contributed by atoms with Gasteiger partial charge in [-0.2, -0.15) is 0 Å². The number of anilines is 1. The second-order valence-electron chi connectivity index (χ2n) is 5.32. The molecule has 0 bridgehead atoms. The summed E-state index contributed by atoms with van der Waals surface area (Å²) in [4.78, 5) is 16.3. The third-order valence-corrected chi connectivity index (χ3v) is 4.55. The topological polar surface area (TPSA) is 35.6 Å². The Labute approximate surface area is 129 Å². The number of nitrogens with zero attached hydrogens (tertiary/aromatic N) is 2. The smallest absolute Gasteiger partial charge is 0.224 e. The standard InChI is InChI=1S/C15H22BrN3O/c1-12-3-4-13(11-14(12)16)17-6-5-15(20)19-9-7-18(2)8-10-19/h3-4,11,17H,5-10H2,1-2H3. The summed E-state index contributed by atoms with van der Waals surface area (Å²) in [6.07, 6.45) is 0.551. The fourth-order valence-corrected chi connectivity index (χ4v) is 2.61. The highest BCUT2D eigenvalue weighted by atomic mass is 79.9. The van der Waals surface area contributed by atoms with Crippen molar-refractivity contribution < 1.29 is 4.79 Å². The number of amides is 1. The number of hydrogen-bond donors (Lipinski definition) is 1. The molecule has 1 aromatic rings. The molecule has 1 aliphatic heterocycles. The molecule has 4 nitrogen and oxygen atoms in total. The zero-order chi connectivity index (χ0) is 14.5. The molecule has 0 spiro atoms. The van der Waals surface area contributed by atoms with Gasteiger partial charge in [0.1, 0.15) is 0 Å². The summed E-state index contributed by atoms with van der Waals surface area (Å²) in [5.74, 6) is 0.247. The Morgan fingerprint density at radius 1 is 1.30 bits per heavy atom. The van der Waals surface area contributed by atoms with Gasteiger partial charge in [0.15, 0.2) is 0 Å². The Kier molecular flexibility index (Phi) is 5.43. The maximum atomic E-state index is 12.1. The Morgan fingerprint density at radius 2 is 2.00 bits per heavy atom. The Bertz CT molecular complexity index is 470. The number of piperazine rings is 1. The predicted octanol–water partition coefficient (Wildman–Crippen LogP) is 2.33. The largest absolute Gasteiger partial charge is 0.384 e. The van der Waals surface area contributed by atoms with E-state index in [9.17, 15) is 4.79 Å². The first-order valence-electron chi connectivity index (χ1n) is 7.02. The number of carbonyl (C=O) groups is 1. The van der Waals surface area contributed by atoms with Crippen LogP contribution in [0.4, 0.5) is 5.69 Å². The van der Waals surface area contributed by atoms with Crippen molar-refractivity contribution in [3.8, 4) is 0 Å². The van der Waals surface area contributed by atoms with Crippen molar-refractivity contribution in [2.24, 2.45) is 0 Å². The van der Waals surface area contributed by atoms with Crippen LogP contribution in [0.15, 0.2) is 22.7 Å². The Hall–Kier alpha value is -1.07. The van der Waals surface area contributed by atoms with E-state index in [1.165, 1.54) is 5.56 Å². The van der Waals surface area contributed by atoms with Gasteiger partial charge in [0.2, 0.25) is 5.91 Å². The van der Waals surface area contributed by atoms with Crippen LogP contribution in [0.1, 0.15) is 12.0 Å². The first kappa shape index (κ1) is 15.3. The molecule has 1 fully saturated rings. The van der Waals surface area contributed by atoms with Crippen LogP contribution < -0.4 is 5.32 Å². The van der Waals surface area contributed by atoms with E-state index in [4.69, 9.17) is 0 Å². The molecule has 1 N–H and O–H groups in total. The minimum atomic E-state index is 0.247. The lowest BCUT2D eigenvalue weighted by Gasteiger charge is -2.32. The van der Waals surface area contributed by atoms with Crippen LogP contribution in [0.5, 0.6) is 0 Å². The fraction of sp³-hybridized carbons (Fsp3) is 0.533. The van der Waals surface area contributed by atoms with E-state index < -0.39 is 0 Å². The van der Waals surface area contributed by atoms with Crippen LogP contribution in [0.2, 0.25) is 0 Å². The number of halogens is 1. The third-order valence-electron chi connectivity index (χ3n) is 3.70. The van der Waals surface area contributed by atoms with Crippen LogP contribution in [0, 0.1) is 6.92 Å². The molecular weight excluding hydrogens is 318 g/mol. The van der Waals surface area contributed by atoms with Crippen molar-refractivity contribution in [2.45, 2.75) is 13.3 Å². The second kappa shape index (κ2) is 7.09. The molecule has 5 heteroatoms. The van der Waals surface area contributed by atoms with Crippen molar-refractivity contribution >= 4 is 27.5 Å². The average Bonchev–Trinajstić information content (AvgIpc) is 2.43. The van der Waals surface area contributed by atoms with Crippen LogP contribution >= 0.6 is 15.9 Å². The number of hydrogen-bond acceptors (Lipinski definition) is 3. The van der Waals surface area contributed by atoms with Crippen molar-refractivity contribution in [1.29, 1.82) is 0 Å². The maximum absolute atomic E-state index is 12.1. The monoisotopic (exact) mass is 339 g/mol. The predicted molar refractivity (Wildman–Crippen MR) is 86.1 cm³/mol. The van der Waals surface area contributed by atoms with E-state index in [-0.39, 0.29) is 5.91 Å². The summed E-state index contributed by atoms with van der Waals surface area (Å²) in [6.45, 7) is 6.40. The molecule has 1 heterocycles. The molecule has 0 aromatic heterocycles. The molecule has 1 aliphatic rings. The van der Waals surface area contributed by atoms with Crippen LogP contribution in [0.25, 0.3) is 0 Å². The van der Waals surface area contributed by atoms with Gasteiger partial charge < -0.3 is 15.1 Å². The van der Waals surface area contributed by atoms with Gasteiger partial charge >= 0.3 is 0 Å². The average molecular weight is 340 g/mol. The highest BCUT2D eigenvalue weighted by Crippen LogP contribution is 2.20. The summed E-state index contributed by atoms with van der Waals surface area (Å²) in [6, 6.07) is 6.16. The van der Waals surface area contributed by atoms with E-state index in [0.29, 0.717) is 13.0 Å². The highest BCUT2D eigenvalue weighted by Gasteiger charge is 2.18. The van der Waals surface area contributed by atoms with Crippen LogP contribution in [-0.2, 0) is 4.79 Å². The molecule has 110 valence electrons. The molecule has 20 heavy (non-hydrogen) atoms. The molecule has 1 amide bonds. The first-order chi connectivity index (χ1) is 9.56. The van der Waals surface area contributed by atoms with E-state index >= 15 is 0 Å². The van der Waals surface area contributed by atoms with Gasteiger partial charge in [0.05, 0.1) is 0 Å². The zero-order valence-corrected chi connectivity index (χ0v) is 13.7. The zero-order valence-electron chi connectivity index (χ0n) is 12.2. The molecule has 0 unspecified atom stereocenters. The van der Waals surface area contributed by atoms with Crippen molar-refractivity contribution in [1.82, 2.24) is 9.80 Å². The van der Waals surface area contributed by atoms with Gasteiger partial charge in [0.25, 0.3) is 0 Å². The highest BCUT2D eigenvalue weighted by molar-refractivity contribution is 9.10. The lowest BCUT2D eigenvalue weighted by atomic mass is 10.2. The molecular formula is C15H22BrN3O. The summed E-state index contributed by atoms with van der Waals surface area (Å²) in [5.41, 5.74) is 2.26. The van der Waals surface area contributed by atoms with Crippen molar-refractivity contribution in [3.05, 3.63) is 28.2 Å². The number of carbonyl (C=O) groups excluding carboxylic acids is 1. The van der Waals surface area contributed by atoms with Crippen LogP contribution in [-0.4, -0.2) is 55.5 Å². The van der Waals surface area contributed by atoms with Crippen molar-refractivity contribution in [2.75, 3.05) is 45.1 Å². The van der Waals surface area contributed by atoms with Gasteiger partial charge in [-0.15, -0.1) is 0 Å². The fourth-order valence-electron chi connectivity index (χ4n) is 2.23. The van der Waals surface area contributed by atoms with E-state index in [1.807, 2.05) is 11.0 Å². The number of nitrogens with one attached hydrogen (secondary N) is 1. The molecule has 2 rings (SSSR count). The number of likely N-dealkylation sites (N-methyl/N-ethyl adjacent to an activating group) is 1. The van der Waals surface area contributed by atoms with Gasteiger partial charge in [-0.05, 0) is 31.7 Å². The molecule has 0 radical (unpaired) electrons. The second-order valence-corrected chi connectivity index (χ2v) is 6.18. The van der Waals surface area contributed by atoms with Crippen molar-refractivity contribution in [3.63, 3.8) is 0 Å². The maximum Gasteiger partial charge on any atom is 0.224 e. The summed E-state index contributed by atoms with van der Waals surface area (Å²) in [5, 5.41) is 3.30. The Balaban J connectivity index is 1.75. The van der Waals surface area contributed by atoms with E-state index in [2.05, 4.69) is 52.3 Å². The molecule has 0 aliphatic carbocycles. The molecule has 1 saturated heterocycles. The minimum absolute atomic E-state index is 0.247. The summed E-state index contributed by atoms with van der Waals surface area (Å²) in [7, 11) is 2.10. The lowest BCUT2D eigenvalue weighted by molar-refractivity contribution is -0.132. The summed E-state index contributed by atoms with van der Waals surface area (Å²) < 4.78 is 1.09. The van der Waals surface area contributed by atoms with E-state index in [1.54, 1.807) is 0 Å². The summed E-state index contributed by atoms with van der Waals surface area (Å²) >= 11 is 3.52. The SMILES string of the molecule is Cc1ccc(NCCC(=O)N2CCN(C)CC2)cc1Br. The number of rotatable bonds is 4. The van der Waals surface area contributed by atoms with Crippen LogP contribution in [0.3, 0.4) is 0 Å². The quantitative estimate of drug-likeness (QED) is 0.914. The van der Waals surface area contributed by atoms with Gasteiger partial charge in [-0.3, -0.25) is 4.79 Å². The lowest BCUT2D eigenvalue weighted by Crippen LogP contribution is -2.47. The Morgan fingerprint density at radius 3 is 2.65 bits per heavy atom. The van der Waals surface area contributed by atoms with Gasteiger partial charge in [0, 0.05) is 49.3 Å². The normalized spacial score (nSPS) is 16.2.